The lowest BCUT2D eigenvalue weighted by Gasteiger charge is -2.29. The molecular weight excluding hydrogens is 501 g/mol. The fourth-order valence-electron chi connectivity index (χ4n) is 4.07. The summed E-state index contributed by atoms with van der Waals surface area (Å²) in [6, 6.07) is 10.1. The molecule has 0 heterocycles. The van der Waals surface area contributed by atoms with Crippen molar-refractivity contribution in [3.63, 3.8) is 0 Å². The van der Waals surface area contributed by atoms with Crippen LogP contribution in [0.1, 0.15) is 102 Å². The van der Waals surface area contributed by atoms with Gasteiger partial charge in [-0.2, -0.15) is 26.3 Å². The van der Waals surface area contributed by atoms with Crippen LogP contribution in [0.5, 0.6) is 0 Å². The minimum absolute atomic E-state index is 0.0947. The molecule has 0 spiro atoms. The second-order valence-electron chi connectivity index (χ2n) is 9.69. The van der Waals surface area contributed by atoms with Crippen LogP contribution in [0.2, 0.25) is 0 Å². The Hall–Kier alpha value is -1.35. The lowest BCUT2D eigenvalue weighted by Crippen LogP contribution is -2.53. The summed E-state index contributed by atoms with van der Waals surface area (Å²) in [7, 11) is 0. The zero-order valence-corrected chi connectivity index (χ0v) is 21.9. The number of unbranched alkanes of at least 4 members (excludes halogenated alkanes) is 11. The summed E-state index contributed by atoms with van der Waals surface area (Å²) >= 11 is 0. The van der Waals surface area contributed by atoms with Gasteiger partial charge in [0.15, 0.2) is 0 Å². The Labute approximate surface area is 217 Å². The smallest absolute Gasteiger partial charge is 0.379 e. The maximum Gasteiger partial charge on any atom is 0.431 e. The van der Waals surface area contributed by atoms with Gasteiger partial charge in [0, 0.05) is 6.61 Å². The number of alkyl halides is 7. The molecular formula is C28H43F7O2. The van der Waals surface area contributed by atoms with Crippen molar-refractivity contribution in [3.8, 4) is 0 Å². The summed E-state index contributed by atoms with van der Waals surface area (Å²) in [4.78, 5) is 0. The van der Waals surface area contributed by atoms with Gasteiger partial charge >= 0.3 is 12.4 Å². The first-order valence-corrected chi connectivity index (χ1v) is 13.6. The number of benzene rings is 1. The van der Waals surface area contributed by atoms with Crippen molar-refractivity contribution in [2.75, 3.05) is 13.2 Å². The van der Waals surface area contributed by atoms with Crippen molar-refractivity contribution in [3.05, 3.63) is 35.9 Å². The highest BCUT2D eigenvalue weighted by molar-refractivity contribution is 5.13. The average molecular weight is 545 g/mol. The van der Waals surface area contributed by atoms with Crippen LogP contribution in [0.3, 0.4) is 0 Å². The van der Waals surface area contributed by atoms with E-state index < -0.39 is 30.9 Å². The first-order valence-electron chi connectivity index (χ1n) is 13.6. The van der Waals surface area contributed by atoms with Gasteiger partial charge in [-0.1, -0.05) is 101 Å². The lowest BCUT2D eigenvalue weighted by molar-refractivity contribution is -0.343. The molecule has 0 saturated heterocycles. The third kappa shape index (κ3) is 13.8. The van der Waals surface area contributed by atoms with Gasteiger partial charge in [0.1, 0.15) is 0 Å². The Morgan fingerprint density at radius 3 is 1.57 bits per heavy atom. The number of halogens is 7. The molecule has 0 fully saturated rings. The van der Waals surface area contributed by atoms with Gasteiger partial charge in [0.2, 0.25) is 0 Å². The average Bonchev–Trinajstić information content (AvgIpc) is 2.84. The van der Waals surface area contributed by atoms with Crippen molar-refractivity contribution >= 4 is 0 Å². The maximum absolute atomic E-state index is 13.5. The SMILES string of the molecule is CCC(COCCCCCCCCCCCCCCC(F)(C(F)(F)F)C(F)(F)F)OCc1ccccc1. The predicted octanol–water partition coefficient (Wildman–Crippen LogP) is 9.90. The molecule has 0 aliphatic heterocycles. The zero-order valence-electron chi connectivity index (χ0n) is 21.9. The summed E-state index contributed by atoms with van der Waals surface area (Å²) in [5.41, 5.74) is -3.96. The standard InChI is InChI=1S/C28H43F7O2/c1-2-25(37-22-24-18-14-13-15-19-24)23-36-21-17-12-10-8-6-4-3-5-7-9-11-16-20-26(29,27(30,31)32)28(33,34)35/h13-15,18-19,25H,2-12,16-17,20-23H2,1H3. The highest BCUT2D eigenvalue weighted by atomic mass is 19.4. The number of hydrogen-bond donors (Lipinski definition) is 0. The molecule has 216 valence electrons. The van der Waals surface area contributed by atoms with Crippen LogP contribution in [0, 0.1) is 0 Å². The highest BCUT2D eigenvalue weighted by Crippen LogP contribution is 2.49. The predicted molar refractivity (Wildman–Crippen MR) is 132 cm³/mol. The van der Waals surface area contributed by atoms with Crippen molar-refractivity contribution in [2.45, 2.75) is 128 Å². The van der Waals surface area contributed by atoms with E-state index in [1.165, 1.54) is 0 Å². The van der Waals surface area contributed by atoms with E-state index in [4.69, 9.17) is 9.47 Å². The van der Waals surface area contributed by atoms with Gasteiger partial charge in [-0.3, -0.25) is 0 Å². The monoisotopic (exact) mass is 544 g/mol. The summed E-state index contributed by atoms with van der Waals surface area (Å²) in [5.74, 6) is 0. The van der Waals surface area contributed by atoms with E-state index in [2.05, 4.69) is 6.92 Å². The molecule has 37 heavy (non-hydrogen) atoms. The number of ether oxygens (including phenoxy) is 2. The lowest BCUT2D eigenvalue weighted by atomic mass is 9.96. The van der Waals surface area contributed by atoms with Crippen LogP contribution in [-0.4, -0.2) is 37.3 Å². The summed E-state index contributed by atoms with van der Waals surface area (Å²) < 4.78 is 100. The van der Waals surface area contributed by atoms with Gasteiger partial charge in [-0.25, -0.2) is 4.39 Å². The first kappa shape index (κ1) is 33.7. The minimum atomic E-state index is -5.94. The number of rotatable bonds is 21. The Kier molecular flexibility index (Phi) is 16.4. The van der Waals surface area contributed by atoms with Gasteiger partial charge < -0.3 is 9.47 Å². The first-order chi connectivity index (χ1) is 17.5. The van der Waals surface area contributed by atoms with Gasteiger partial charge in [0.25, 0.3) is 5.67 Å². The van der Waals surface area contributed by atoms with Crippen LogP contribution < -0.4 is 0 Å². The fraction of sp³-hybridized carbons (Fsp3) is 0.786. The van der Waals surface area contributed by atoms with Gasteiger partial charge in [0.05, 0.1) is 19.3 Å². The third-order valence-electron chi connectivity index (χ3n) is 6.55. The minimum Gasteiger partial charge on any atom is -0.379 e. The Morgan fingerprint density at radius 1 is 0.649 bits per heavy atom. The van der Waals surface area contributed by atoms with E-state index >= 15 is 0 Å². The van der Waals surface area contributed by atoms with Crippen LogP contribution in [-0.2, 0) is 16.1 Å². The van der Waals surface area contributed by atoms with Crippen LogP contribution >= 0.6 is 0 Å². The van der Waals surface area contributed by atoms with E-state index in [0.717, 1.165) is 76.4 Å². The van der Waals surface area contributed by atoms with Crippen LogP contribution in [0.4, 0.5) is 30.7 Å². The van der Waals surface area contributed by atoms with E-state index in [-0.39, 0.29) is 12.5 Å². The van der Waals surface area contributed by atoms with Gasteiger partial charge in [-0.15, -0.1) is 0 Å². The summed E-state index contributed by atoms with van der Waals surface area (Å²) in [5, 5.41) is 0. The molecule has 0 aromatic heterocycles. The second kappa shape index (κ2) is 18.0. The molecule has 0 saturated carbocycles. The van der Waals surface area contributed by atoms with E-state index in [1.54, 1.807) is 0 Å². The molecule has 0 aliphatic rings. The quantitative estimate of drug-likeness (QED) is 0.113. The molecule has 0 bridgehead atoms. The fourth-order valence-corrected chi connectivity index (χ4v) is 4.07. The molecule has 0 amide bonds. The normalized spacial score (nSPS) is 13.7. The Bertz CT molecular complexity index is 663. The molecule has 0 aliphatic carbocycles. The molecule has 0 N–H and O–H groups in total. The Morgan fingerprint density at radius 2 is 1.11 bits per heavy atom. The van der Waals surface area contributed by atoms with Crippen LogP contribution in [0.25, 0.3) is 0 Å². The molecule has 1 aromatic carbocycles. The van der Waals surface area contributed by atoms with E-state index in [0.29, 0.717) is 19.6 Å². The number of hydrogen-bond acceptors (Lipinski definition) is 2. The zero-order chi connectivity index (χ0) is 27.6. The molecule has 1 atom stereocenters. The third-order valence-corrected chi connectivity index (χ3v) is 6.55. The van der Waals surface area contributed by atoms with Crippen molar-refractivity contribution in [2.24, 2.45) is 0 Å². The maximum atomic E-state index is 13.5. The molecule has 2 nitrogen and oxygen atoms in total. The summed E-state index contributed by atoms with van der Waals surface area (Å²) in [6.07, 6.45) is -3.03. The second-order valence-corrected chi connectivity index (χ2v) is 9.69. The Balaban J connectivity index is 1.92. The van der Waals surface area contributed by atoms with E-state index in [9.17, 15) is 30.7 Å². The molecule has 1 unspecified atom stereocenters. The van der Waals surface area contributed by atoms with Crippen molar-refractivity contribution < 1.29 is 40.2 Å². The molecule has 9 heteroatoms. The highest BCUT2D eigenvalue weighted by Gasteiger charge is 2.71. The van der Waals surface area contributed by atoms with Crippen molar-refractivity contribution in [1.29, 1.82) is 0 Å². The summed E-state index contributed by atoms with van der Waals surface area (Å²) in [6.45, 7) is 4.00. The molecule has 1 aromatic rings. The topological polar surface area (TPSA) is 18.5 Å². The van der Waals surface area contributed by atoms with Crippen molar-refractivity contribution in [1.82, 2.24) is 0 Å². The van der Waals surface area contributed by atoms with Crippen LogP contribution in [0.15, 0.2) is 30.3 Å². The van der Waals surface area contributed by atoms with E-state index in [1.807, 2.05) is 30.3 Å². The molecule has 0 radical (unpaired) electrons. The largest absolute Gasteiger partial charge is 0.431 e. The molecule has 1 rings (SSSR count). The van der Waals surface area contributed by atoms with Gasteiger partial charge in [-0.05, 0) is 31.2 Å².